The fourth-order valence-corrected chi connectivity index (χ4v) is 3.21. The Kier molecular flexibility index (Phi) is 7.08. The van der Waals surface area contributed by atoms with Gasteiger partial charge in [0, 0.05) is 6.54 Å². The molecule has 5 nitrogen and oxygen atoms in total. The normalized spacial score (nSPS) is 10.9. The van der Waals surface area contributed by atoms with Crippen LogP contribution in [0.4, 0.5) is 5.69 Å². The molecule has 0 heterocycles. The maximum absolute atomic E-state index is 12.7. The van der Waals surface area contributed by atoms with Crippen LogP contribution in [-0.2, 0) is 16.8 Å². The summed E-state index contributed by atoms with van der Waals surface area (Å²) in [5, 5.41) is 5.68. The molecule has 0 saturated heterocycles. The zero-order chi connectivity index (χ0) is 22.3. The minimum absolute atomic E-state index is 0.101. The van der Waals surface area contributed by atoms with Crippen molar-refractivity contribution in [2.75, 3.05) is 11.9 Å². The fourth-order valence-electron chi connectivity index (χ4n) is 3.21. The van der Waals surface area contributed by atoms with Crippen molar-refractivity contribution >= 4 is 17.5 Å². The van der Waals surface area contributed by atoms with Gasteiger partial charge in [0.15, 0.2) is 6.61 Å². The van der Waals surface area contributed by atoms with Gasteiger partial charge in [0.2, 0.25) is 0 Å². The number of amides is 2. The number of rotatable bonds is 7. The summed E-state index contributed by atoms with van der Waals surface area (Å²) in [7, 11) is 0. The molecule has 3 rings (SSSR count). The van der Waals surface area contributed by atoms with Crippen LogP contribution in [0.5, 0.6) is 5.75 Å². The zero-order valence-corrected chi connectivity index (χ0v) is 18.1. The standard InChI is InChI=1S/C26H28N2O3/c1-26(2,3)21-14-8-10-16-23(21)31-18-24(29)28-22-15-9-7-13-20(22)25(30)27-17-19-11-5-4-6-12-19/h4-16H,17-18H2,1-3H3,(H,27,30)(H,28,29). The molecule has 31 heavy (non-hydrogen) atoms. The summed E-state index contributed by atoms with van der Waals surface area (Å²) in [4.78, 5) is 25.2. The Morgan fingerprint density at radius 2 is 1.48 bits per heavy atom. The first-order valence-corrected chi connectivity index (χ1v) is 10.3. The van der Waals surface area contributed by atoms with Gasteiger partial charge < -0.3 is 15.4 Å². The summed E-state index contributed by atoms with van der Waals surface area (Å²) < 4.78 is 5.79. The van der Waals surface area contributed by atoms with Gasteiger partial charge in [0.05, 0.1) is 11.3 Å². The van der Waals surface area contributed by atoms with E-state index in [0.29, 0.717) is 23.5 Å². The molecular formula is C26H28N2O3. The number of benzene rings is 3. The fraction of sp³-hybridized carbons (Fsp3) is 0.231. The van der Waals surface area contributed by atoms with Crippen molar-refractivity contribution in [2.24, 2.45) is 0 Å². The largest absolute Gasteiger partial charge is 0.483 e. The average molecular weight is 417 g/mol. The molecule has 0 unspecified atom stereocenters. The molecule has 0 spiro atoms. The third kappa shape index (κ3) is 6.19. The van der Waals surface area contributed by atoms with Crippen molar-refractivity contribution in [1.29, 1.82) is 0 Å². The van der Waals surface area contributed by atoms with Crippen LogP contribution in [0.2, 0.25) is 0 Å². The number of hydrogen-bond donors (Lipinski definition) is 2. The van der Waals surface area contributed by atoms with Crippen molar-refractivity contribution < 1.29 is 14.3 Å². The zero-order valence-electron chi connectivity index (χ0n) is 18.1. The van der Waals surface area contributed by atoms with Gasteiger partial charge in [-0.25, -0.2) is 0 Å². The highest BCUT2D eigenvalue weighted by Crippen LogP contribution is 2.30. The molecule has 2 amide bonds. The molecule has 3 aromatic carbocycles. The number of anilines is 1. The number of nitrogens with one attached hydrogen (secondary N) is 2. The van der Waals surface area contributed by atoms with Crippen LogP contribution in [0.3, 0.4) is 0 Å². The van der Waals surface area contributed by atoms with Gasteiger partial charge in [-0.1, -0.05) is 81.4 Å². The number of carbonyl (C=O) groups is 2. The van der Waals surface area contributed by atoms with E-state index in [1.165, 1.54) is 0 Å². The lowest BCUT2D eigenvalue weighted by Crippen LogP contribution is -2.26. The summed E-state index contributed by atoms with van der Waals surface area (Å²) in [6.45, 7) is 6.56. The Morgan fingerprint density at radius 3 is 2.23 bits per heavy atom. The SMILES string of the molecule is CC(C)(C)c1ccccc1OCC(=O)Nc1ccccc1C(=O)NCc1ccccc1. The molecule has 0 atom stereocenters. The first-order valence-electron chi connectivity index (χ1n) is 10.3. The number of carbonyl (C=O) groups excluding carboxylic acids is 2. The van der Waals surface area contributed by atoms with Gasteiger partial charge >= 0.3 is 0 Å². The predicted molar refractivity (Wildman–Crippen MR) is 123 cm³/mol. The van der Waals surface area contributed by atoms with Crippen molar-refractivity contribution in [3.05, 3.63) is 95.6 Å². The third-order valence-corrected chi connectivity index (χ3v) is 4.80. The second-order valence-electron chi connectivity index (χ2n) is 8.30. The molecule has 0 aliphatic rings. The molecule has 0 aliphatic heterocycles. The van der Waals surface area contributed by atoms with Crippen molar-refractivity contribution in [3.8, 4) is 5.75 Å². The second-order valence-corrected chi connectivity index (χ2v) is 8.30. The monoisotopic (exact) mass is 416 g/mol. The van der Waals surface area contributed by atoms with E-state index in [2.05, 4.69) is 31.4 Å². The second kappa shape index (κ2) is 9.94. The lowest BCUT2D eigenvalue weighted by Gasteiger charge is -2.22. The number of ether oxygens (including phenoxy) is 1. The van der Waals surface area contributed by atoms with E-state index in [9.17, 15) is 9.59 Å². The van der Waals surface area contributed by atoms with Crippen LogP contribution in [-0.4, -0.2) is 18.4 Å². The lowest BCUT2D eigenvalue weighted by atomic mass is 9.86. The summed E-state index contributed by atoms with van der Waals surface area (Å²) in [5.41, 5.74) is 2.79. The first-order chi connectivity index (χ1) is 14.8. The van der Waals surface area contributed by atoms with E-state index in [-0.39, 0.29) is 23.8 Å². The van der Waals surface area contributed by atoms with E-state index in [0.717, 1.165) is 11.1 Å². The molecule has 0 fully saturated rings. The molecule has 160 valence electrons. The van der Waals surface area contributed by atoms with Crippen LogP contribution in [0.25, 0.3) is 0 Å². The van der Waals surface area contributed by atoms with Crippen molar-refractivity contribution in [1.82, 2.24) is 5.32 Å². The topological polar surface area (TPSA) is 67.4 Å². The highest BCUT2D eigenvalue weighted by atomic mass is 16.5. The molecule has 0 bridgehead atoms. The van der Waals surface area contributed by atoms with Crippen molar-refractivity contribution in [3.63, 3.8) is 0 Å². The Labute approximate surface area is 183 Å². The molecule has 0 aliphatic carbocycles. The van der Waals surface area contributed by atoms with Gasteiger partial charge in [-0.05, 0) is 34.7 Å². The van der Waals surface area contributed by atoms with Crippen LogP contribution < -0.4 is 15.4 Å². The van der Waals surface area contributed by atoms with E-state index < -0.39 is 0 Å². The average Bonchev–Trinajstić information content (AvgIpc) is 2.77. The van der Waals surface area contributed by atoms with E-state index in [1.807, 2.05) is 54.6 Å². The quantitative estimate of drug-likeness (QED) is 0.574. The molecular weight excluding hydrogens is 388 g/mol. The maximum Gasteiger partial charge on any atom is 0.262 e. The molecule has 0 radical (unpaired) electrons. The lowest BCUT2D eigenvalue weighted by molar-refractivity contribution is -0.118. The van der Waals surface area contributed by atoms with Crippen LogP contribution in [0.15, 0.2) is 78.9 Å². The third-order valence-electron chi connectivity index (χ3n) is 4.80. The minimum atomic E-state index is -0.327. The van der Waals surface area contributed by atoms with E-state index in [4.69, 9.17) is 4.74 Å². The van der Waals surface area contributed by atoms with Crippen LogP contribution in [0, 0.1) is 0 Å². The number of para-hydroxylation sites is 2. The van der Waals surface area contributed by atoms with Crippen LogP contribution in [0.1, 0.15) is 42.3 Å². The van der Waals surface area contributed by atoms with Gasteiger partial charge in [-0.15, -0.1) is 0 Å². The Balaban J connectivity index is 1.63. The molecule has 3 aromatic rings. The highest BCUT2D eigenvalue weighted by Gasteiger charge is 2.19. The van der Waals surface area contributed by atoms with Gasteiger partial charge in [-0.3, -0.25) is 9.59 Å². The smallest absolute Gasteiger partial charge is 0.262 e. The molecule has 0 aromatic heterocycles. The first kappa shape index (κ1) is 22.1. The summed E-state index contributed by atoms with van der Waals surface area (Å²) in [6.07, 6.45) is 0. The predicted octanol–water partition coefficient (Wildman–Crippen LogP) is 4.93. The van der Waals surface area contributed by atoms with E-state index >= 15 is 0 Å². The Bertz CT molecular complexity index is 1040. The van der Waals surface area contributed by atoms with E-state index in [1.54, 1.807) is 24.3 Å². The van der Waals surface area contributed by atoms with Gasteiger partial charge in [0.25, 0.3) is 11.8 Å². The maximum atomic E-state index is 12.7. The van der Waals surface area contributed by atoms with Crippen LogP contribution >= 0.6 is 0 Å². The summed E-state index contributed by atoms with van der Waals surface area (Å²) >= 11 is 0. The minimum Gasteiger partial charge on any atom is -0.483 e. The highest BCUT2D eigenvalue weighted by molar-refractivity contribution is 6.04. The Morgan fingerprint density at radius 1 is 0.839 bits per heavy atom. The Hall–Kier alpha value is -3.60. The molecule has 0 saturated carbocycles. The molecule has 2 N–H and O–H groups in total. The molecule has 5 heteroatoms. The van der Waals surface area contributed by atoms with Gasteiger partial charge in [0.1, 0.15) is 5.75 Å². The number of hydrogen-bond acceptors (Lipinski definition) is 3. The van der Waals surface area contributed by atoms with Crippen molar-refractivity contribution in [2.45, 2.75) is 32.7 Å². The summed E-state index contributed by atoms with van der Waals surface area (Å²) in [6, 6.07) is 24.3. The summed E-state index contributed by atoms with van der Waals surface area (Å²) in [5.74, 6) is 0.102. The van der Waals surface area contributed by atoms with Gasteiger partial charge in [-0.2, -0.15) is 0 Å².